The van der Waals surface area contributed by atoms with Crippen LogP contribution in [0.1, 0.15) is 33.1 Å². The highest BCUT2D eigenvalue weighted by Crippen LogP contribution is 2.33. The number of rotatable bonds is 4. The van der Waals surface area contributed by atoms with Gasteiger partial charge in [0, 0.05) is 20.1 Å². The van der Waals surface area contributed by atoms with Gasteiger partial charge in [-0.3, -0.25) is 4.79 Å². The van der Waals surface area contributed by atoms with Crippen LogP contribution in [0.15, 0.2) is 0 Å². The summed E-state index contributed by atoms with van der Waals surface area (Å²) in [7, 11) is 3.61. The Hall–Kier alpha value is -0.570. The van der Waals surface area contributed by atoms with Crippen molar-refractivity contribution in [3.63, 3.8) is 0 Å². The van der Waals surface area contributed by atoms with Gasteiger partial charge in [-0.1, -0.05) is 20.3 Å². The van der Waals surface area contributed by atoms with E-state index < -0.39 is 0 Å². The van der Waals surface area contributed by atoms with E-state index in [1.165, 1.54) is 19.3 Å². The summed E-state index contributed by atoms with van der Waals surface area (Å²) in [6, 6.07) is 0.541. The Labute approximate surface area is 93.2 Å². The fourth-order valence-corrected chi connectivity index (χ4v) is 2.49. The van der Waals surface area contributed by atoms with Gasteiger partial charge in [-0.15, -0.1) is 0 Å². The first kappa shape index (κ1) is 12.5. The lowest BCUT2D eigenvalue weighted by Crippen LogP contribution is -2.40. The molecular formula is C12H24N2O. The lowest BCUT2D eigenvalue weighted by Gasteiger charge is -2.21. The lowest BCUT2D eigenvalue weighted by atomic mass is 9.93. The molecule has 1 saturated carbocycles. The van der Waals surface area contributed by atoms with Crippen molar-refractivity contribution in [3.8, 4) is 0 Å². The van der Waals surface area contributed by atoms with Crippen LogP contribution in [0.5, 0.6) is 0 Å². The molecule has 0 aromatic rings. The normalized spacial score (nSPS) is 30.5. The second-order valence-electron chi connectivity index (χ2n) is 4.88. The summed E-state index contributed by atoms with van der Waals surface area (Å²) in [6.07, 6.45) is 3.80. The smallest absolute Gasteiger partial charge is 0.236 e. The number of amides is 1. The molecule has 0 aromatic carbocycles. The van der Waals surface area contributed by atoms with Gasteiger partial charge in [0.1, 0.15) is 0 Å². The van der Waals surface area contributed by atoms with Crippen LogP contribution in [0.3, 0.4) is 0 Å². The number of carbonyl (C=O) groups excluding carboxylic acids is 1. The maximum Gasteiger partial charge on any atom is 0.236 e. The first-order valence-corrected chi connectivity index (χ1v) is 5.99. The average Bonchev–Trinajstić information content (AvgIpc) is 2.55. The Morgan fingerprint density at radius 3 is 2.53 bits per heavy atom. The van der Waals surface area contributed by atoms with Crippen LogP contribution >= 0.6 is 0 Å². The molecule has 1 N–H and O–H groups in total. The van der Waals surface area contributed by atoms with Crippen LogP contribution in [0, 0.1) is 11.8 Å². The van der Waals surface area contributed by atoms with Gasteiger partial charge >= 0.3 is 0 Å². The molecule has 1 rings (SSSR count). The van der Waals surface area contributed by atoms with E-state index in [1.807, 2.05) is 0 Å². The first-order chi connectivity index (χ1) is 7.06. The van der Waals surface area contributed by atoms with E-state index in [1.54, 1.807) is 19.0 Å². The van der Waals surface area contributed by atoms with Gasteiger partial charge in [0.25, 0.3) is 0 Å². The molecule has 0 radical (unpaired) electrons. The van der Waals surface area contributed by atoms with Crippen molar-refractivity contribution in [2.75, 3.05) is 20.6 Å². The largest absolute Gasteiger partial charge is 0.348 e. The molecule has 1 amide bonds. The van der Waals surface area contributed by atoms with Crippen LogP contribution in [0.25, 0.3) is 0 Å². The van der Waals surface area contributed by atoms with Crippen LogP contribution in [-0.4, -0.2) is 37.5 Å². The van der Waals surface area contributed by atoms with Gasteiger partial charge < -0.3 is 10.2 Å². The summed E-state index contributed by atoms with van der Waals surface area (Å²) in [5.74, 6) is 1.73. The Bertz CT molecular complexity index is 216. The van der Waals surface area contributed by atoms with Crippen LogP contribution in [0.4, 0.5) is 0 Å². The van der Waals surface area contributed by atoms with E-state index in [9.17, 15) is 4.79 Å². The van der Waals surface area contributed by atoms with Gasteiger partial charge in [-0.2, -0.15) is 0 Å². The van der Waals surface area contributed by atoms with Crippen molar-refractivity contribution in [3.05, 3.63) is 0 Å². The molecule has 3 heteroatoms. The zero-order valence-electron chi connectivity index (χ0n) is 10.4. The van der Waals surface area contributed by atoms with Gasteiger partial charge in [0.15, 0.2) is 0 Å². The maximum atomic E-state index is 11.4. The number of nitrogens with one attached hydrogen (secondary N) is 1. The number of hydrogen-bond acceptors (Lipinski definition) is 2. The second-order valence-corrected chi connectivity index (χ2v) is 4.88. The Morgan fingerprint density at radius 1 is 1.40 bits per heavy atom. The monoisotopic (exact) mass is 212 g/mol. The van der Waals surface area contributed by atoms with Crippen LogP contribution in [0.2, 0.25) is 0 Å². The lowest BCUT2D eigenvalue weighted by molar-refractivity contribution is -0.127. The van der Waals surface area contributed by atoms with Gasteiger partial charge in [0.05, 0.1) is 6.54 Å². The maximum absolute atomic E-state index is 11.4. The third kappa shape index (κ3) is 3.20. The number of hydrogen-bond donors (Lipinski definition) is 1. The van der Waals surface area contributed by atoms with Crippen molar-refractivity contribution in [2.45, 2.75) is 39.2 Å². The number of carbonyl (C=O) groups is 1. The van der Waals surface area contributed by atoms with Crippen LogP contribution in [-0.2, 0) is 4.79 Å². The quantitative estimate of drug-likeness (QED) is 0.765. The van der Waals surface area contributed by atoms with E-state index >= 15 is 0 Å². The predicted molar refractivity (Wildman–Crippen MR) is 62.7 cm³/mol. The Kier molecular flexibility index (Phi) is 4.58. The molecule has 3 nitrogen and oxygen atoms in total. The van der Waals surface area contributed by atoms with Crippen molar-refractivity contribution in [1.29, 1.82) is 0 Å². The van der Waals surface area contributed by atoms with Gasteiger partial charge in [-0.25, -0.2) is 0 Å². The van der Waals surface area contributed by atoms with Crippen molar-refractivity contribution in [2.24, 2.45) is 11.8 Å². The molecule has 1 aliphatic rings. The molecule has 0 aromatic heterocycles. The fourth-order valence-electron chi connectivity index (χ4n) is 2.49. The molecule has 0 heterocycles. The van der Waals surface area contributed by atoms with Crippen molar-refractivity contribution < 1.29 is 4.79 Å². The fraction of sp³-hybridized carbons (Fsp3) is 0.917. The predicted octanol–water partition coefficient (Wildman–Crippen LogP) is 1.49. The highest BCUT2D eigenvalue weighted by atomic mass is 16.2. The Balaban J connectivity index is 2.31. The topological polar surface area (TPSA) is 32.3 Å². The molecule has 1 fully saturated rings. The minimum atomic E-state index is 0.169. The third-order valence-electron chi connectivity index (χ3n) is 3.77. The summed E-state index contributed by atoms with van der Waals surface area (Å²) in [5, 5.41) is 3.39. The van der Waals surface area contributed by atoms with Crippen molar-refractivity contribution in [1.82, 2.24) is 10.2 Å². The van der Waals surface area contributed by atoms with Gasteiger partial charge in [0.2, 0.25) is 5.91 Å². The third-order valence-corrected chi connectivity index (χ3v) is 3.77. The van der Waals surface area contributed by atoms with Gasteiger partial charge in [-0.05, 0) is 24.7 Å². The minimum absolute atomic E-state index is 0.169. The van der Waals surface area contributed by atoms with E-state index in [0.717, 1.165) is 5.92 Å². The summed E-state index contributed by atoms with van der Waals surface area (Å²) >= 11 is 0. The number of nitrogens with zero attached hydrogens (tertiary/aromatic N) is 1. The zero-order chi connectivity index (χ0) is 11.4. The minimum Gasteiger partial charge on any atom is -0.348 e. The molecule has 0 saturated heterocycles. The summed E-state index contributed by atoms with van der Waals surface area (Å²) in [4.78, 5) is 13.1. The zero-order valence-corrected chi connectivity index (χ0v) is 10.4. The molecule has 3 unspecified atom stereocenters. The second kappa shape index (κ2) is 5.50. The number of likely N-dealkylation sites (N-methyl/N-ethyl adjacent to an activating group) is 1. The molecule has 1 aliphatic carbocycles. The van der Waals surface area contributed by atoms with Crippen LogP contribution < -0.4 is 5.32 Å². The standard InChI is InChI=1S/C12H24N2O/c1-5-10-6-7-11(9(10)2)13-8-12(15)14(3)4/h9-11,13H,5-8H2,1-4H3. The summed E-state index contributed by atoms with van der Waals surface area (Å²) in [5.41, 5.74) is 0. The molecule has 88 valence electrons. The SMILES string of the molecule is CCC1CCC(NCC(=O)N(C)C)C1C. The Morgan fingerprint density at radius 2 is 2.07 bits per heavy atom. The van der Waals surface area contributed by atoms with E-state index in [0.29, 0.717) is 18.5 Å². The molecule has 0 aliphatic heterocycles. The molecule has 3 atom stereocenters. The first-order valence-electron chi connectivity index (χ1n) is 5.99. The molecule has 15 heavy (non-hydrogen) atoms. The molecule has 0 bridgehead atoms. The summed E-state index contributed by atoms with van der Waals surface area (Å²) in [6.45, 7) is 5.05. The average molecular weight is 212 g/mol. The highest BCUT2D eigenvalue weighted by molar-refractivity contribution is 5.77. The molecular weight excluding hydrogens is 188 g/mol. The molecule has 0 spiro atoms. The van der Waals surface area contributed by atoms with E-state index in [-0.39, 0.29) is 5.91 Å². The summed E-state index contributed by atoms with van der Waals surface area (Å²) < 4.78 is 0. The van der Waals surface area contributed by atoms with E-state index in [4.69, 9.17) is 0 Å². The van der Waals surface area contributed by atoms with E-state index in [2.05, 4.69) is 19.2 Å². The highest BCUT2D eigenvalue weighted by Gasteiger charge is 2.31. The van der Waals surface area contributed by atoms with Crippen molar-refractivity contribution >= 4 is 5.91 Å².